The van der Waals surface area contributed by atoms with Crippen molar-refractivity contribution in [3.63, 3.8) is 0 Å². The van der Waals surface area contributed by atoms with Gasteiger partial charge in [-0.2, -0.15) is 5.26 Å². The largest absolute Gasteiger partial charge is 0.336 e. The molecule has 5 nitrogen and oxygen atoms in total. The van der Waals surface area contributed by atoms with Crippen LogP contribution in [-0.4, -0.2) is 29.3 Å². The first-order chi connectivity index (χ1) is 16.0. The molecule has 1 aliphatic heterocycles. The second-order valence-electron chi connectivity index (χ2n) is 8.53. The highest BCUT2D eigenvalue weighted by molar-refractivity contribution is 6.09. The van der Waals surface area contributed by atoms with Gasteiger partial charge in [-0.1, -0.05) is 36.4 Å². The van der Waals surface area contributed by atoms with E-state index in [4.69, 9.17) is 0 Å². The Bertz CT molecular complexity index is 1240. The number of hydrogen-bond donors (Lipinski definition) is 1. The molecule has 2 amide bonds. The van der Waals surface area contributed by atoms with Crippen molar-refractivity contribution in [2.45, 2.75) is 39.2 Å². The van der Waals surface area contributed by atoms with Crippen LogP contribution in [0.4, 0.5) is 5.69 Å². The van der Waals surface area contributed by atoms with E-state index in [1.54, 1.807) is 24.3 Å². The lowest BCUT2D eigenvalue weighted by atomic mass is 9.95. The predicted molar refractivity (Wildman–Crippen MR) is 130 cm³/mol. The van der Waals surface area contributed by atoms with Gasteiger partial charge in [0.25, 0.3) is 11.8 Å². The van der Waals surface area contributed by atoms with E-state index >= 15 is 0 Å². The predicted octanol–water partition coefficient (Wildman–Crippen LogP) is 5.80. The van der Waals surface area contributed by atoms with Gasteiger partial charge in [0.15, 0.2) is 0 Å². The number of nitriles is 1. The number of carbonyl (C=O) groups excluding carboxylic acids is 2. The molecule has 1 aliphatic rings. The zero-order chi connectivity index (χ0) is 23.4. The molecule has 0 bridgehead atoms. The van der Waals surface area contributed by atoms with Gasteiger partial charge in [0.05, 0.1) is 11.6 Å². The normalized spacial score (nSPS) is 15.5. The third-order valence-electron chi connectivity index (χ3n) is 6.29. The molecule has 1 unspecified atom stereocenters. The number of benzene rings is 3. The summed E-state index contributed by atoms with van der Waals surface area (Å²) in [6.07, 6.45) is 3.24. The fourth-order valence-electron chi connectivity index (χ4n) is 4.42. The molecule has 1 N–H and O–H groups in total. The SMILES string of the molecule is Cc1cc(C(=O)N2CCCCC2C)ccc1NC(=O)c1ccccc1-c1ccccc1C#N. The van der Waals surface area contributed by atoms with Crippen molar-refractivity contribution in [1.29, 1.82) is 5.26 Å². The number of piperidine rings is 1. The topological polar surface area (TPSA) is 73.2 Å². The number of nitrogens with one attached hydrogen (secondary N) is 1. The first-order valence-electron chi connectivity index (χ1n) is 11.3. The van der Waals surface area contributed by atoms with Crippen LogP contribution < -0.4 is 5.32 Å². The molecule has 4 rings (SSSR count). The van der Waals surface area contributed by atoms with Crippen molar-refractivity contribution in [3.8, 4) is 17.2 Å². The van der Waals surface area contributed by atoms with Crippen molar-refractivity contribution in [2.75, 3.05) is 11.9 Å². The van der Waals surface area contributed by atoms with Gasteiger partial charge >= 0.3 is 0 Å². The molecule has 0 spiro atoms. The summed E-state index contributed by atoms with van der Waals surface area (Å²) in [5.74, 6) is -0.216. The second-order valence-corrected chi connectivity index (χ2v) is 8.53. The van der Waals surface area contributed by atoms with Gasteiger partial charge in [-0.05, 0) is 74.6 Å². The van der Waals surface area contributed by atoms with E-state index in [9.17, 15) is 14.9 Å². The van der Waals surface area contributed by atoms with E-state index in [2.05, 4.69) is 18.3 Å². The lowest BCUT2D eigenvalue weighted by Gasteiger charge is -2.33. The number of carbonyl (C=O) groups is 2. The highest BCUT2D eigenvalue weighted by Crippen LogP contribution is 2.28. The molecule has 3 aromatic rings. The molecule has 3 aromatic carbocycles. The minimum Gasteiger partial charge on any atom is -0.336 e. The Morgan fingerprint density at radius 2 is 1.73 bits per heavy atom. The molecule has 0 saturated carbocycles. The third kappa shape index (κ3) is 4.65. The van der Waals surface area contributed by atoms with Gasteiger partial charge in [0, 0.05) is 35.0 Å². The summed E-state index contributed by atoms with van der Waals surface area (Å²) in [5, 5.41) is 12.5. The number of hydrogen-bond acceptors (Lipinski definition) is 3. The van der Waals surface area contributed by atoms with Crippen molar-refractivity contribution in [2.24, 2.45) is 0 Å². The molecule has 1 atom stereocenters. The molecule has 1 saturated heterocycles. The molecular weight excluding hydrogens is 410 g/mol. The Kier molecular flexibility index (Phi) is 6.55. The fraction of sp³-hybridized carbons (Fsp3) is 0.250. The molecule has 5 heteroatoms. The van der Waals surface area contributed by atoms with Crippen molar-refractivity contribution in [1.82, 2.24) is 4.90 Å². The molecule has 1 fully saturated rings. The minimum atomic E-state index is -0.259. The van der Waals surface area contributed by atoms with Gasteiger partial charge in [0.1, 0.15) is 0 Å². The average Bonchev–Trinajstić information content (AvgIpc) is 2.85. The summed E-state index contributed by atoms with van der Waals surface area (Å²) in [4.78, 5) is 28.1. The van der Waals surface area contributed by atoms with Crippen LogP contribution in [0, 0.1) is 18.3 Å². The van der Waals surface area contributed by atoms with Gasteiger partial charge in [-0.3, -0.25) is 9.59 Å². The van der Waals surface area contributed by atoms with Gasteiger partial charge in [0.2, 0.25) is 0 Å². The summed E-state index contributed by atoms with van der Waals surface area (Å²) >= 11 is 0. The Labute approximate surface area is 194 Å². The van der Waals surface area contributed by atoms with Crippen LogP contribution in [0.15, 0.2) is 66.7 Å². The smallest absolute Gasteiger partial charge is 0.256 e. The molecule has 0 radical (unpaired) electrons. The van der Waals surface area contributed by atoms with Crippen LogP contribution in [0.5, 0.6) is 0 Å². The summed E-state index contributed by atoms with van der Waals surface area (Å²) < 4.78 is 0. The standard InChI is InChI=1S/C28H27N3O2/c1-19-17-21(28(33)31-16-8-7-9-20(31)2)14-15-26(19)30-27(32)25-13-6-5-12-24(25)23-11-4-3-10-22(23)18-29/h3-6,10-15,17,20H,7-9,16H2,1-2H3,(H,30,32). The maximum atomic E-state index is 13.2. The van der Waals surface area contributed by atoms with E-state index in [0.717, 1.165) is 36.9 Å². The molecule has 0 aliphatic carbocycles. The number of anilines is 1. The summed E-state index contributed by atoms with van der Waals surface area (Å²) in [6.45, 7) is 4.78. The molecule has 33 heavy (non-hydrogen) atoms. The van der Waals surface area contributed by atoms with Crippen LogP contribution in [0.2, 0.25) is 0 Å². The molecule has 1 heterocycles. The van der Waals surface area contributed by atoms with E-state index in [0.29, 0.717) is 27.9 Å². The molecule has 0 aromatic heterocycles. The van der Waals surface area contributed by atoms with Crippen LogP contribution in [0.3, 0.4) is 0 Å². The molecular formula is C28H27N3O2. The Hall–Kier alpha value is -3.91. The first kappa shape index (κ1) is 22.3. The van der Waals surface area contributed by atoms with Crippen molar-refractivity contribution in [3.05, 3.63) is 89.0 Å². The number of nitrogens with zero attached hydrogens (tertiary/aromatic N) is 2. The van der Waals surface area contributed by atoms with Crippen LogP contribution in [0.1, 0.15) is 58.0 Å². The number of likely N-dealkylation sites (tertiary alicyclic amines) is 1. The maximum Gasteiger partial charge on any atom is 0.256 e. The second kappa shape index (κ2) is 9.70. The summed E-state index contributed by atoms with van der Waals surface area (Å²) in [5.41, 5.74) is 4.56. The Morgan fingerprint density at radius 3 is 2.45 bits per heavy atom. The first-order valence-corrected chi connectivity index (χ1v) is 11.3. The highest BCUT2D eigenvalue weighted by Gasteiger charge is 2.24. The van der Waals surface area contributed by atoms with Crippen molar-refractivity contribution < 1.29 is 9.59 Å². The van der Waals surface area contributed by atoms with E-state index in [1.165, 1.54) is 0 Å². The zero-order valence-electron chi connectivity index (χ0n) is 19.0. The van der Waals surface area contributed by atoms with E-state index < -0.39 is 0 Å². The van der Waals surface area contributed by atoms with Crippen LogP contribution in [-0.2, 0) is 0 Å². The monoisotopic (exact) mass is 437 g/mol. The zero-order valence-corrected chi connectivity index (χ0v) is 19.0. The van der Waals surface area contributed by atoms with Crippen LogP contribution in [0.25, 0.3) is 11.1 Å². The lowest BCUT2D eigenvalue weighted by molar-refractivity contribution is 0.0635. The van der Waals surface area contributed by atoms with Gasteiger partial charge in [-0.15, -0.1) is 0 Å². The third-order valence-corrected chi connectivity index (χ3v) is 6.29. The van der Waals surface area contributed by atoms with E-state index in [-0.39, 0.29) is 17.9 Å². The van der Waals surface area contributed by atoms with Gasteiger partial charge < -0.3 is 10.2 Å². The molecule has 166 valence electrons. The quantitative estimate of drug-likeness (QED) is 0.560. The van der Waals surface area contributed by atoms with Crippen molar-refractivity contribution >= 4 is 17.5 Å². The number of rotatable bonds is 4. The maximum absolute atomic E-state index is 13.2. The number of amides is 2. The Morgan fingerprint density at radius 1 is 1.00 bits per heavy atom. The summed E-state index contributed by atoms with van der Waals surface area (Å²) in [6, 6.07) is 22.4. The number of aryl methyl sites for hydroxylation is 1. The van der Waals surface area contributed by atoms with E-state index in [1.807, 2.05) is 54.3 Å². The lowest BCUT2D eigenvalue weighted by Crippen LogP contribution is -2.42. The summed E-state index contributed by atoms with van der Waals surface area (Å²) in [7, 11) is 0. The minimum absolute atomic E-state index is 0.0432. The Balaban J connectivity index is 1.58. The average molecular weight is 438 g/mol. The van der Waals surface area contributed by atoms with Gasteiger partial charge in [-0.25, -0.2) is 0 Å². The highest BCUT2D eigenvalue weighted by atomic mass is 16.2. The fourth-order valence-corrected chi connectivity index (χ4v) is 4.42. The van der Waals surface area contributed by atoms with Crippen LogP contribution >= 0.6 is 0 Å².